The van der Waals surface area contributed by atoms with E-state index in [0.29, 0.717) is 23.9 Å². The van der Waals surface area contributed by atoms with Crippen LogP contribution in [0.1, 0.15) is 89.3 Å². The standard InChI is InChI=1S/C27H36N/c1-9-19(6)21-10-11-24-22(14-21)12-13-28(8)27(24)26-16-23(17(2)3)15-25(18(4)5)20(26)7/h10-19H,9H2,1-8H3/q+1/i13D. The Labute approximate surface area is 172 Å². The van der Waals surface area contributed by atoms with Crippen molar-refractivity contribution in [2.45, 2.75) is 72.6 Å². The van der Waals surface area contributed by atoms with Gasteiger partial charge in [0.05, 0.1) is 10.9 Å². The molecule has 0 aliphatic heterocycles. The van der Waals surface area contributed by atoms with Crippen LogP contribution in [-0.4, -0.2) is 0 Å². The molecule has 0 N–H and O–H groups in total. The molecule has 0 aliphatic rings. The van der Waals surface area contributed by atoms with Gasteiger partial charge in [-0.05, 0) is 70.9 Å². The van der Waals surface area contributed by atoms with Crippen molar-refractivity contribution in [3.05, 3.63) is 64.8 Å². The Morgan fingerprint density at radius 1 is 0.929 bits per heavy atom. The van der Waals surface area contributed by atoms with Gasteiger partial charge in [-0.2, -0.15) is 0 Å². The normalized spacial score (nSPS) is 13.4. The van der Waals surface area contributed by atoms with Crippen molar-refractivity contribution in [3.63, 3.8) is 0 Å². The van der Waals surface area contributed by atoms with E-state index in [2.05, 4.69) is 78.8 Å². The van der Waals surface area contributed by atoms with E-state index in [4.69, 9.17) is 1.37 Å². The smallest absolute Gasteiger partial charge is 0.200 e. The molecule has 0 fully saturated rings. The molecule has 3 rings (SSSR count). The summed E-state index contributed by atoms with van der Waals surface area (Å²) in [6, 6.07) is 13.6. The van der Waals surface area contributed by atoms with E-state index in [1.807, 2.05) is 17.7 Å². The molecule has 3 aromatic rings. The highest BCUT2D eigenvalue weighted by Crippen LogP contribution is 2.35. The van der Waals surface area contributed by atoms with E-state index in [9.17, 15) is 0 Å². The van der Waals surface area contributed by atoms with Crippen LogP contribution in [0.2, 0.25) is 0 Å². The third-order valence-corrected chi connectivity index (χ3v) is 6.28. The molecule has 0 bridgehead atoms. The van der Waals surface area contributed by atoms with Crippen LogP contribution in [0.15, 0.2) is 42.6 Å². The van der Waals surface area contributed by atoms with Crippen LogP contribution in [0.4, 0.5) is 0 Å². The minimum absolute atomic E-state index is 0.472. The monoisotopic (exact) mass is 375 g/mol. The van der Waals surface area contributed by atoms with E-state index < -0.39 is 0 Å². The molecule has 0 radical (unpaired) electrons. The lowest BCUT2D eigenvalue weighted by molar-refractivity contribution is -0.659. The topological polar surface area (TPSA) is 3.88 Å². The number of fused-ring (bicyclic) bond motifs is 1. The summed E-state index contributed by atoms with van der Waals surface area (Å²) in [6.07, 6.45) is 1.68. The lowest BCUT2D eigenvalue weighted by Gasteiger charge is -2.19. The van der Waals surface area contributed by atoms with Gasteiger partial charge in [-0.1, -0.05) is 59.7 Å². The molecule has 0 saturated carbocycles. The summed E-state index contributed by atoms with van der Waals surface area (Å²) >= 11 is 0. The maximum atomic E-state index is 8.62. The van der Waals surface area contributed by atoms with Gasteiger partial charge in [0.2, 0.25) is 5.69 Å². The lowest BCUT2D eigenvalue weighted by atomic mass is 9.86. The molecule has 0 amide bonds. The Hall–Kier alpha value is -2.15. The molecular weight excluding hydrogens is 338 g/mol. The van der Waals surface area contributed by atoms with Crippen LogP contribution in [0.25, 0.3) is 22.0 Å². The second-order valence-corrected chi connectivity index (χ2v) is 8.93. The van der Waals surface area contributed by atoms with Gasteiger partial charge in [-0.25, -0.2) is 4.57 Å². The third kappa shape index (κ3) is 3.72. The van der Waals surface area contributed by atoms with Crippen molar-refractivity contribution in [1.82, 2.24) is 0 Å². The zero-order chi connectivity index (χ0) is 21.5. The first-order chi connectivity index (χ1) is 13.6. The number of hydrogen-bond acceptors (Lipinski definition) is 0. The fourth-order valence-electron chi connectivity index (χ4n) is 4.13. The zero-order valence-electron chi connectivity index (χ0n) is 19.9. The molecule has 28 heavy (non-hydrogen) atoms. The van der Waals surface area contributed by atoms with E-state index in [0.717, 1.165) is 12.1 Å². The summed E-state index contributed by atoms with van der Waals surface area (Å²) in [5, 5.41) is 2.40. The molecule has 148 valence electrons. The summed E-state index contributed by atoms with van der Waals surface area (Å²) < 4.78 is 10.7. The van der Waals surface area contributed by atoms with Crippen LogP contribution in [0.5, 0.6) is 0 Å². The zero-order valence-corrected chi connectivity index (χ0v) is 18.9. The summed E-state index contributed by atoms with van der Waals surface area (Å²) in [6.45, 7) is 15.8. The number of aromatic nitrogens is 1. The average Bonchev–Trinajstić information content (AvgIpc) is 2.68. The van der Waals surface area contributed by atoms with Crippen molar-refractivity contribution in [3.8, 4) is 11.3 Å². The largest absolute Gasteiger partial charge is 0.220 e. The molecule has 1 aromatic heterocycles. The molecule has 1 nitrogen and oxygen atoms in total. The van der Waals surface area contributed by atoms with Gasteiger partial charge in [0, 0.05) is 6.07 Å². The number of pyridine rings is 1. The van der Waals surface area contributed by atoms with E-state index >= 15 is 0 Å². The quantitative estimate of drug-likeness (QED) is 0.409. The van der Waals surface area contributed by atoms with Crippen LogP contribution < -0.4 is 4.57 Å². The van der Waals surface area contributed by atoms with Gasteiger partial charge in [0.1, 0.15) is 8.42 Å². The lowest BCUT2D eigenvalue weighted by Crippen LogP contribution is -2.31. The SMILES string of the molecule is [2H]c1cc2cc(C(C)CC)ccc2c(-c2cc(C(C)C)cc(C(C)C)c2C)[n+]1C. The Morgan fingerprint density at radius 3 is 2.25 bits per heavy atom. The van der Waals surface area contributed by atoms with Crippen molar-refractivity contribution in [2.75, 3.05) is 0 Å². The fraction of sp³-hybridized carbons (Fsp3) is 0.444. The second kappa shape index (κ2) is 8.07. The Kier molecular flexibility index (Phi) is 5.53. The second-order valence-electron chi connectivity index (χ2n) is 8.93. The van der Waals surface area contributed by atoms with Gasteiger partial charge >= 0.3 is 0 Å². The highest BCUT2D eigenvalue weighted by Gasteiger charge is 2.21. The number of rotatable bonds is 5. The first-order valence-corrected chi connectivity index (χ1v) is 10.7. The number of hydrogen-bond donors (Lipinski definition) is 0. The van der Waals surface area contributed by atoms with Crippen LogP contribution in [-0.2, 0) is 7.05 Å². The first kappa shape index (κ1) is 19.2. The molecule has 0 spiro atoms. The van der Waals surface area contributed by atoms with Gasteiger partial charge < -0.3 is 0 Å². The van der Waals surface area contributed by atoms with Crippen molar-refractivity contribution < 1.29 is 5.94 Å². The predicted molar refractivity (Wildman–Crippen MR) is 122 cm³/mol. The van der Waals surface area contributed by atoms with Crippen LogP contribution >= 0.6 is 0 Å². The van der Waals surface area contributed by atoms with Gasteiger partial charge in [-0.15, -0.1) is 0 Å². The molecular formula is C27H36N+. The summed E-state index contributed by atoms with van der Waals surface area (Å²) in [5.41, 5.74) is 7.88. The molecule has 0 saturated heterocycles. The summed E-state index contributed by atoms with van der Waals surface area (Å²) in [7, 11) is 2.02. The molecule has 2 aromatic carbocycles. The minimum atomic E-state index is 0.472. The molecule has 1 heteroatoms. The van der Waals surface area contributed by atoms with E-state index in [1.54, 1.807) is 0 Å². The first-order valence-electron chi connectivity index (χ1n) is 11.2. The third-order valence-electron chi connectivity index (χ3n) is 6.28. The fourth-order valence-corrected chi connectivity index (χ4v) is 4.13. The van der Waals surface area contributed by atoms with E-state index in [-0.39, 0.29) is 0 Å². The van der Waals surface area contributed by atoms with Crippen LogP contribution in [0, 0.1) is 6.92 Å². The van der Waals surface area contributed by atoms with Crippen molar-refractivity contribution in [1.29, 1.82) is 0 Å². The maximum Gasteiger partial charge on any atom is 0.220 e. The Morgan fingerprint density at radius 2 is 1.64 bits per heavy atom. The van der Waals surface area contributed by atoms with E-state index in [1.165, 1.54) is 38.6 Å². The highest BCUT2D eigenvalue weighted by molar-refractivity contribution is 5.94. The Balaban J connectivity index is 2.39. The maximum absolute atomic E-state index is 8.62. The van der Waals surface area contributed by atoms with Gasteiger partial charge in [0.25, 0.3) is 0 Å². The van der Waals surface area contributed by atoms with Crippen molar-refractivity contribution in [2.24, 2.45) is 7.05 Å². The molecule has 0 aliphatic carbocycles. The Bertz CT molecular complexity index is 1050. The number of nitrogens with zero attached hydrogens (tertiary/aromatic N) is 1. The van der Waals surface area contributed by atoms with Crippen LogP contribution in [0.3, 0.4) is 0 Å². The molecule has 1 unspecified atom stereocenters. The summed E-state index contributed by atoms with van der Waals surface area (Å²) in [4.78, 5) is 0. The van der Waals surface area contributed by atoms with Crippen molar-refractivity contribution >= 4 is 10.8 Å². The predicted octanol–water partition coefficient (Wildman–Crippen LogP) is 7.40. The minimum Gasteiger partial charge on any atom is -0.200 e. The number of benzene rings is 2. The molecule has 1 heterocycles. The average molecular weight is 376 g/mol. The highest BCUT2D eigenvalue weighted by atomic mass is 14.9. The summed E-state index contributed by atoms with van der Waals surface area (Å²) in [5.74, 6) is 1.48. The molecule has 1 atom stereocenters. The van der Waals surface area contributed by atoms with Gasteiger partial charge in [-0.3, -0.25) is 0 Å². The van der Waals surface area contributed by atoms with Gasteiger partial charge in [0.15, 0.2) is 6.17 Å².